The van der Waals surface area contributed by atoms with E-state index >= 15 is 0 Å². The Morgan fingerprint density at radius 2 is 2.11 bits per heavy atom. The van der Waals surface area contributed by atoms with E-state index in [-0.39, 0.29) is 0 Å². The van der Waals surface area contributed by atoms with Crippen molar-refractivity contribution in [3.63, 3.8) is 0 Å². The normalized spacial score (nSPS) is 28.9. The maximum atomic E-state index is 4.95. The summed E-state index contributed by atoms with van der Waals surface area (Å²) in [4.78, 5) is 6.59. The second kappa shape index (κ2) is 4.85. The Bertz CT molecular complexity index is 453. The summed E-state index contributed by atoms with van der Waals surface area (Å²) >= 11 is 2.03. The van der Waals surface area contributed by atoms with Crippen LogP contribution in [0, 0.1) is 5.41 Å². The van der Waals surface area contributed by atoms with E-state index in [1.54, 1.807) is 4.88 Å². The van der Waals surface area contributed by atoms with Crippen LogP contribution in [-0.2, 0) is 19.3 Å². The van der Waals surface area contributed by atoms with E-state index in [9.17, 15) is 0 Å². The molecule has 1 aromatic rings. The van der Waals surface area contributed by atoms with Gasteiger partial charge in [0.25, 0.3) is 0 Å². The first kappa shape index (κ1) is 12.3. The molecule has 1 saturated carbocycles. The Balaban J connectivity index is 1.50. The molecule has 2 nitrogen and oxygen atoms in total. The molecule has 104 valence electrons. The molecule has 0 amide bonds. The van der Waals surface area contributed by atoms with Crippen molar-refractivity contribution in [3.05, 3.63) is 15.6 Å². The standard InChI is InChI=1S/C16H24N2S/c1-2-7-16(6-1)8-5-13-14(11-16)19-15(18-13)10-12-4-3-9-17-12/h12,17H,1-11H2. The van der Waals surface area contributed by atoms with Crippen molar-refractivity contribution in [3.8, 4) is 0 Å². The number of hydrogen-bond donors (Lipinski definition) is 1. The summed E-state index contributed by atoms with van der Waals surface area (Å²) in [6.45, 7) is 1.21. The van der Waals surface area contributed by atoms with Gasteiger partial charge in [0.05, 0.1) is 10.7 Å². The monoisotopic (exact) mass is 276 g/mol. The molecule has 1 aliphatic heterocycles. The maximum Gasteiger partial charge on any atom is 0.0946 e. The van der Waals surface area contributed by atoms with Gasteiger partial charge in [-0.2, -0.15) is 0 Å². The zero-order chi connectivity index (χ0) is 12.7. The van der Waals surface area contributed by atoms with E-state index in [4.69, 9.17) is 4.98 Å². The van der Waals surface area contributed by atoms with Crippen LogP contribution in [-0.4, -0.2) is 17.6 Å². The summed E-state index contributed by atoms with van der Waals surface area (Å²) in [6.07, 6.45) is 13.7. The van der Waals surface area contributed by atoms with Crippen molar-refractivity contribution in [2.75, 3.05) is 6.54 Å². The molecule has 0 aromatic carbocycles. The second-order valence-electron chi connectivity index (χ2n) is 6.86. The molecule has 1 saturated heterocycles. The summed E-state index contributed by atoms with van der Waals surface area (Å²) in [5, 5.41) is 5.00. The summed E-state index contributed by atoms with van der Waals surface area (Å²) in [6, 6.07) is 0.702. The number of aryl methyl sites for hydroxylation is 1. The summed E-state index contributed by atoms with van der Waals surface area (Å²) in [7, 11) is 0. The van der Waals surface area contributed by atoms with Crippen molar-refractivity contribution in [1.29, 1.82) is 0 Å². The molecule has 0 radical (unpaired) electrons. The first-order valence-corrected chi connectivity index (χ1v) is 8.86. The number of rotatable bonds is 2. The zero-order valence-corrected chi connectivity index (χ0v) is 12.5. The molecule has 2 fully saturated rings. The van der Waals surface area contributed by atoms with Crippen LogP contribution in [0.4, 0.5) is 0 Å². The zero-order valence-electron chi connectivity index (χ0n) is 11.7. The highest BCUT2D eigenvalue weighted by molar-refractivity contribution is 7.11. The first-order chi connectivity index (χ1) is 9.33. The molecule has 2 heterocycles. The van der Waals surface area contributed by atoms with Crippen LogP contribution >= 0.6 is 11.3 Å². The van der Waals surface area contributed by atoms with Gasteiger partial charge >= 0.3 is 0 Å². The van der Waals surface area contributed by atoms with E-state index < -0.39 is 0 Å². The van der Waals surface area contributed by atoms with Crippen molar-refractivity contribution < 1.29 is 0 Å². The molecule has 1 unspecified atom stereocenters. The minimum atomic E-state index is 0.683. The van der Waals surface area contributed by atoms with Gasteiger partial charge in [0.15, 0.2) is 0 Å². The van der Waals surface area contributed by atoms with Gasteiger partial charge in [-0.1, -0.05) is 12.8 Å². The fourth-order valence-corrected chi connectivity index (χ4v) is 5.73. The van der Waals surface area contributed by atoms with E-state index in [1.165, 1.54) is 81.5 Å². The molecule has 3 heteroatoms. The van der Waals surface area contributed by atoms with E-state index in [2.05, 4.69) is 5.32 Å². The number of thiazole rings is 1. The molecule has 1 N–H and O–H groups in total. The Morgan fingerprint density at radius 3 is 2.89 bits per heavy atom. The molecule has 4 rings (SSSR count). The van der Waals surface area contributed by atoms with Crippen molar-refractivity contribution in [2.24, 2.45) is 5.41 Å². The third kappa shape index (κ3) is 2.36. The largest absolute Gasteiger partial charge is 0.314 e. The average molecular weight is 276 g/mol. The van der Waals surface area contributed by atoms with Gasteiger partial charge in [0, 0.05) is 17.3 Å². The first-order valence-electron chi connectivity index (χ1n) is 8.04. The third-order valence-electron chi connectivity index (χ3n) is 5.50. The SMILES string of the molecule is C1CNC(Cc2nc3c(s2)CC2(CCCC2)CC3)C1. The minimum Gasteiger partial charge on any atom is -0.314 e. The van der Waals surface area contributed by atoms with Gasteiger partial charge < -0.3 is 5.32 Å². The lowest BCUT2D eigenvalue weighted by Gasteiger charge is -2.32. The molecule has 0 bridgehead atoms. The Labute approximate surface area is 120 Å². The minimum absolute atomic E-state index is 0.683. The Hall–Kier alpha value is -0.410. The summed E-state index contributed by atoms with van der Waals surface area (Å²) in [5.74, 6) is 0. The number of fused-ring (bicyclic) bond motifs is 1. The average Bonchev–Trinajstić information content (AvgIpc) is 3.11. The van der Waals surface area contributed by atoms with Gasteiger partial charge in [-0.3, -0.25) is 0 Å². The van der Waals surface area contributed by atoms with Crippen molar-refractivity contribution in [2.45, 2.75) is 70.3 Å². The van der Waals surface area contributed by atoms with Gasteiger partial charge in [-0.05, 0) is 56.9 Å². The number of nitrogens with zero attached hydrogens (tertiary/aromatic N) is 1. The van der Waals surface area contributed by atoms with Gasteiger partial charge in [-0.15, -0.1) is 11.3 Å². The van der Waals surface area contributed by atoms with Crippen LogP contribution in [0.5, 0.6) is 0 Å². The molecule has 1 atom stereocenters. The van der Waals surface area contributed by atoms with Crippen molar-refractivity contribution in [1.82, 2.24) is 10.3 Å². The predicted molar refractivity (Wildman–Crippen MR) is 79.8 cm³/mol. The van der Waals surface area contributed by atoms with Crippen LogP contribution in [0.1, 0.15) is 60.5 Å². The maximum absolute atomic E-state index is 4.95. The Morgan fingerprint density at radius 1 is 1.21 bits per heavy atom. The van der Waals surface area contributed by atoms with Gasteiger partial charge in [0.2, 0.25) is 0 Å². The number of nitrogens with one attached hydrogen (secondary N) is 1. The van der Waals surface area contributed by atoms with Gasteiger partial charge in [0.1, 0.15) is 0 Å². The van der Waals surface area contributed by atoms with Crippen LogP contribution in [0.25, 0.3) is 0 Å². The third-order valence-corrected chi connectivity index (χ3v) is 6.62. The highest BCUT2D eigenvalue weighted by Gasteiger charge is 2.38. The van der Waals surface area contributed by atoms with Crippen LogP contribution in [0.2, 0.25) is 0 Å². The fraction of sp³-hybridized carbons (Fsp3) is 0.812. The number of hydrogen-bond acceptors (Lipinski definition) is 3. The molecule has 3 aliphatic rings. The van der Waals surface area contributed by atoms with Crippen LogP contribution < -0.4 is 5.32 Å². The molecule has 1 aromatic heterocycles. The van der Waals surface area contributed by atoms with E-state index in [0.717, 1.165) is 0 Å². The fourth-order valence-electron chi connectivity index (χ4n) is 4.36. The van der Waals surface area contributed by atoms with Crippen LogP contribution in [0.15, 0.2) is 0 Å². The van der Waals surface area contributed by atoms with Gasteiger partial charge in [-0.25, -0.2) is 4.98 Å². The molecule has 19 heavy (non-hydrogen) atoms. The van der Waals surface area contributed by atoms with Crippen molar-refractivity contribution >= 4 is 11.3 Å². The highest BCUT2D eigenvalue weighted by Crippen LogP contribution is 2.48. The quantitative estimate of drug-likeness (QED) is 0.894. The smallest absolute Gasteiger partial charge is 0.0946 e. The predicted octanol–water partition coefficient (Wildman–Crippen LogP) is 3.49. The molecule has 1 spiro atoms. The summed E-state index contributed by atoms with van der Waals surface area (Å²) < 4.78 is 0. The molecular weight excluding hydrogens is 252 g/mol. The summed E-state index contributed by atoms with van der Waals surface area (Å²) in [5.41, 5.74) is 2.14. The number of aromatic nitrogens is 1. The van der Waals surface area contributed by atoms with E-state index in [1.807, 2.05) is 11.3 Å². The Kier molecular flexibility index (Phi) is 3.15. The lowest BCUT2D eigenvalue weighted by molar-refractivity contribution is 0.256. The molecular formula is C16H24N2S. The second-order valence-corrected chi connectivity index (χ2v) is 8.03. The highest BCUT2D eigenvalue weighted by atomic mass is 32.1. The lowest BCUT2D eigenvalue weighted by atomic mass is 9.74. The lowest BCUT2D eigenvalue weighted by Crippen LogP contribution is -2.24. The molecule has 2 aliphatic carbocycles. The van der Waals surface area contributed by atoms with E-state index in [0.29, 0.717) is 11.5 Å². The van der Waals surface area contributed by atoms with Crippen LogP contribution in [0.3, 0.4) is 0 Å². The topological polar surface area (TPSA) is 24.9 Å².